The lowest BCUT2D eigenvalue weighted by Crippen LogP contribution is -2.42. The maximum absolute atomic E-state index is 12.6. The minimum Gasteiger partial charge on any atom is -0.459 e. The Bertz CT molecular complexity index is 1300. The number of thioether (sulfide) groups is 1. The van der Waals surface area contributed by atoms with Crippen LogP contribution in [0.4, 0.5) is 5.82 Å². The van der Waals surface area contributed by atoms with Gasteiger partial charge >= 0.3 is 0 Å². The third-order valence-electron chi connectivity index (χ3n) is 6.58. The quantitative estimate of drug-likeness (QED) is 0.345. The molecule has 0 radical (unpaired) electrons. The number of nitrogens with one attached hydrogen (secondary N) is 1. The first-order valence-corrected chi connectivity index (χ1v) is 13.6. The molecule has 6 nitrogen and oxygen atoms in total. The molecule has 4 heterocycles. The molecule has 0 spiro atoms. The molecule has 4 aromatic rings. The number of furan rings is 1. The average Bonchev–Trinajstić information content (AvgIpc) is 3.61. The summed E-state index contributed by atoms with van der Waals surface area (Å²) in [7, 11) is 0. The number of nitrogens with zero attached hydrogens (tertiary/aromatic N) is 3. The number of hydrogen-bond donors (Lipinski definition) is 1. The predicted molar refractivity (Wildman–Crippen MR) is 137 cm³/mol. The molecule has 174 valence electrons. The fraction of sp³-hybridized carbons (Fsp3) is 0.346. The second kappa shape index (κ2) is 9.43. The molecule has 1 aliphatic carbocycles. The number of likely N-dealkylation sites (tertiary alicyclic amines) is 1. The second-order valence-corrected chi connectivity index (χ2v) is 10.9. The molecule has 8 heteroatoms. The molecular formula is C26H26N4O2S2. The van der Waals surface area contributed by atoms with Crippen molar-refractivity contribution in [3.05, 3.63) is 70.8 Å². The summed E-state index contributed by atoms with van der Waals surface area (Å²) in [5, 5.41) is 4.98. The van der Waals surface area contributed by atoms with Gasteiger partial charge in [-0.25, -0.2) is 9.97 Å². The van der Waals surface area contributed by atoms with E-state index in [4.69, 9.17) is 14.4 Å². The highest BCUT2D eigenvalue weighted by atomic mass is 32.2. The highest BCUT2D eigenvalue weighted by Crippen LogP contribution is 2.40. The number of hydrogen-bond acceptors (Lipinski definition) is 7. The van der Waals surface area contributed by atoms with E-state index in [1.54, 1.807) is 30.2 Å². The van der Waals surface area contributed by atoms with Crippen molar-refractivity contribution in [1.82, 2.24) is 14.9 Å². The van der Waals surface area contributed by atoms with E-state index >= 15 is 0 Å². The van der Waals surface area contributed by atoms with Crippen LogP contribution in [0.15, 0.2) is 58.0 Å². The first kappa shape index (κ1) is 21.7. The standard InChI is InChI=1S/C26H26N4O2S2/c31-26(20-9-5-15-32-20)30-13-11-17(12-14-30)27-24-23-19-8-4-10-21(19)34-25(23)29-22(28-24)16-33-18-6-2-1-3-7-18/h1-3,5-7,9,15,17H,4,8,10-14,16H2,(H,27,28,29). The SMILES string of the molecule is O=C(c1ccco1)N1CCC(Nc2nc(CSc3ccccc3)nc3sc4c(c23)CCC4)CC1. The molecule has 1 amide bonds. The van der Waals surface area contributed by atoms with Crippen LogP contribution in [0, 0.1) is 0 Å². The molecule has 0 unspecified atom stereocenters. The van der Waals surface area contributed by atoms with Crippen LogP contribution in [0.25, 0.3) is 10.2 Å². The number of anilines is 1. The van der Waals surface area contributed by atoms with E-state index in [1.807, 2.05) is 22.3 Å². The summed E-state index contributed by atoms with van der Waals surface area (Å²) in [4.78, 5) is 28.3. The third kappa shape index (κ3) is 4.32. The first-order valence-electron chi connectivity index (χ1n) is 11.8. The van der Waals surface area contributed by atoms with Crippen molar-refractivity contribution >= 4 is 45.0 Å². The minimum atomic E-state index is -0.0243. The highest BCUT2D eigenvalue weighted by molar-refractivity contribution is 7.98. The van der Waals surface area contributed by atoms with Gasteiger partial charge in [-0.1, -0.05) is 18.2 Å². The fourth-order valence-electron chi connectivity index (χ4n) is 4.85. The molecule has 0 atom stereocenters. The van der Waals surface area contributed by atoms with E-state index in [0.717, 1.165) is 47.9 Å². The van der Waals surface area contributed by atoms with E-state index in [-0.39, 0.29) is 11.9 Å². The van der Waals surface area contributed by atoms with Gasteiger partial charge in [0, 0.05) is 28.9 Å². The van der Waals surface area contributed by atoms with Crippen molar-refractivity contribution < 1.29 is 9.21 Å². The Morgan fingerprint density at radius 2 is 1.97 bits per heavy atom. The summed E-state index contributed by atoms with van der Waals surface area (Å²) in [6, 6.07) is 14.2. The van der Waals surface area contributed by atoms with Crippen molar-refractivity contribution in [2.45, 2.75) is 48.8 Å². The molecular weight excluding hydrogens is 464 g/mol. The number of carbonyl (C=O) groups is 1. The molecule has 3 aromatic heterocycles. The smallest absolute Gasteiger partial charge is 0.289 e. The Morgan fingerprint density at radius 1 is 1.12 bits per heavy atom. The van der Waals surface area contributed by atoms with Crippen LogP contribution in [0.5, 0.6) is 0 Å². The number of thiophene rings is 1. The lowest BCUT2D eigenvalue weighted by molar-refractivity contribution is 0.0686. The topological polar surface area (TPSA) is 71.3 Å². The maximum atomic E-state index is 12.6. The fourth-order valence-corrected chi connectivity index (χ4v) is 6.90. The van der Waals surface area contributed by atoms with Gasteiger partial charge in [0.1, 0.15) is 16.5 Å². The number of rotatable bonds is 6. The Balaban J connectivity index is 1.21. The van der Waals surface area contributed by atoms with Gasteiger partial charge in [0.05, 0.1) is 17.4 Å². The molecule has 34 heavy (non-hydrogen) atoms. The van der Waals surface area contributed by atoms with E-state index in [9.17, 15) is 4.79 Å². The van der Waals surface area contributed by atoms with Gasteiger partial charge in [-0.15, -0.1) is 23.1 Å². The van der Waals surface area contributed by atoms with Crippen molar-refractivity contribution in [3.63, 3.8) is 0 Å². The first-order chi connectivity index (χ1) is 16.7. The molecule has 1 aromatic carbocycles. The van der Waals surface area contributed by atoms with Crippen LogP contribution in [0.2, 0.25) is 0 Å². The molecule has 0 saturated carbocycles. The van der Waals surface area contributed by atoms with Crippen molar-refractivity contribution in [1.29, 1.82) is 0 Å². The molecule has 1 aliphatic heterocycles. The molecule has 1 fully saturated rings. The van der Waals surface area contributed by atoms with Crippen molar-refractivity contribution in [3.8, 4) is 0 Å². The van der Waals surface area contributed by atoms with Gasteiger partial charge in [-0.2, -0.15) is 0 Å². The van der Waals surface area contributed by atoms with Gasteiger partial charge in [0.15, 0.2) is 5.76 Å². The van der Waals surface area contributed by atoms with E-state index in [1.165, 1.54) is 27.1 Å². The Morgan fingerprint density at radius 3 is 2.76 bits per heavy atom. The van der Waals surface area contributed by atoms with Crippen LogP contribution in [0.3, 0.4) is 0 Å². The molecule has 0 bridgehead atoms. The van der Waals surface area contributed by atoms with Gasteiger partial charge in [-0.3, -0.25) is 4.79 Å². The Kier molecular flexibility index (Phi) is 6.01. The van der Waals surface area contributed by atoms with E-state index in [2.05, 4.69) is 29.6 Å². The van der Waals surface area contributed by atoms with Crippen LogP contribution in [-0.4, -0.2) is 39.9 Å². The van der Waals surface area contributed by atoms with Crippen LogP contribution < -0.4 is 5.32 Å². The monoisotopic (exact) mass is 490 g/mol. The Hall–Kier alpha value is -2.84. The number of amides is 1. The summed E-state index contributed by atoms with van der Waals surface area (Å²) in [5.74, 6) is 2.98. The summed E-state index contributed by atoms with van der Waals surface area (Å²) in [6.45, 7) is 1.42. The lowest BCUT2D eigenvalue weighted by Gasteiger charge is -2.32. The van der Waals surface area contributed by atoms with Crippen LogP contribution in [0.1, 0.15) is 46.1 Å². The maximum Gasteiger partial charge on any atom is 0.289 e. The molecule has 6 rings (SSSR count). The van der Waals surface area contributed by atoms with Crippen molar-refractivity contribution in [2.24, 2.45) is 0 Å². The number of piperidine rings is 1. The molecule has 2 aliphatic rings. The van der Waals surface area contributed by atoms with E-state index in [0.29, 0.717) is 18.8 Å². The zero-order chi connectivity index (χ0) is 22.9. The summed E-state index contributed by atoms with van der Waals surface area (Å²) in [6.07, 6.45) is 6.81. The number of aryl methyl sites for hydroxylation is 2. The number of carbonyl (C=O) groups excluding carboxylic acids is 1. The number of benzene rings is 1. The second-order valence-electron chi connectivity index (χ2n) is 8.82. The largest absolute Gasteiger partial charge is 0.459 e. The molecule has 1 saturated heterocycles. The van der Waals surface area contributed by atoms with Gasteiger partial charge in [0.2, 0.25) is 0 Å². The number of fused-ring (bicyclic) bond motifs is 3. The summed E-state index contributed by atoms with van der Waals surface area (Å²) in [5.41, 5.74) is 1.44. The van der Waals surface area contributed by atoms with Crippen LogP contribution in [-0.2, 0) is 18.6 Å². The van der Waals surface area contributed by atoms with Gasteiger partial charge < -0.3 is 14.6 Å². The number of aromatic nitrogens is 2. The lowest BCUT2D eigenvalue weighted by atomic mass is 10.0. The van der Waals surface area contributed by atoms with E-state index < -0.39 is 0 Å². The highest BCUT2D eigenvalue weighted by Gasteiger charge is 2.27. The van der Waals surface area contributed by atoms with Crippen molar-refractivity contribution in [2.75, 3.05) is 18.4 Å². The summed E-state index contributed by atoms with van der Waals surface area (Å²) >= 11 is 3.61. The summed E-state index contributed by atoms with van der Waals surface area (Å²) < 4.78 is 5.30. The minimum absolute atomic E-state index is 0.0243. The van der Waals surface area contributed by atoms with Gasteiger partial charge in [0.25, 0.3) is 5.91 Å². The van der Waals surface area contributed by atoms with Gasteiger partial charge in [-0.05, 0) is 61.9 Å². The zero-order valence-corrected chi connectivity index (χ0v) is 20.5. The Labute approximate surface area is 206 Å². The van der Waals surface area contributed by atoms with Crippen LogP contribution >= 0.6 is 23.1 Å². The predicted octanol–water partition coefficient (Wildman–Crippen LogP) is 5.78. The zero-order valence-electron chi connectivity index (χ0n) is 18.8. The normalized spacial score (nSPS) is 16.2. The third-order valence-corrected chi connectivity index (χ3v) is 8.77. The molecule has 1 N–H and O–H groups in total. The average molecular weight is 491 g/mol.